The fourth-order valence-corrected chi connectivity index (χ4v) is 1.43. The van der Waals surface area contributed by atoms with E-state index in [0.29, 0.717) is 5.56 Å². The van der Waals surface area contributed by atoms with Crippen molar-refractivity contribution in [2.75, 3.05) is 0 Å². The van der Waals surface area contributed by atoms with Gasteiger partial charge in [-0.2, -0.15) is 13.2 Å². The Balaban J connectivity index is 2.74. The summed E-state index contributed by atoms with van der Waals surface area (Å²) in [5, 5.41) is 2.34. The van der Waals surface area contributed by atoms with Gasteiger partial charge in [0, 0.05) is 13.3 Å². The Morgan fingerprint density at radius 3 is 2.28 bits per heavy atom. The summed E-state index contributed by atoms with van der Waals surface area (Å²) in [5.41, 5.74) is -0.234. The van der Waals surface area contributed by atoms with Crippen LogP contribution in [0.1, 0.15) is 18.1 Å². The number of carbonyl (C=O) groups is 1. The number of hydrogen-bond acceptors (Lipinski definition) is 2. The predicted molar refractivity (Wildman–Crippen MR) is 58.4 cm³/mol. The Kier molecular flexibility index (Phi) is 4.47. The number of carbonyl (C=O) groups excluding carboxylic acids is 2. The molecular formula is C12H11F3NO2. The zero-order chi connectivity index (χ0) is 13.8. The highest BCUT2D eigenvalue weighted by molar-refractivity contribution is 5.77. The van der Waals surface area contributed by atoms with Crippen LogP contribution in [0.4, 0.5) is 13.2 Å². The zero-order valence-corrected chi connectivity index (χ0v) is 9.54. The molecular weight excluding hydrogens is 247 g/mol. The van der Waals surface area contributed by atoms with Gasteiger partial charge in [0.1, 0.15) is 0 Å². The summed E-state index contributed by atoms with van der Waals surface area (Å²) in [5.74, 6) is -0.393. The van der Waals surface area contributed by atoms with Crippen molar-refractivity contribution < 1.29 is 22.8 Å². The highest BCUT2D eigenvalue weighted by Crippen LogP contribution is 2.29. The van der Waals surface area contributed by atoms with E-state index in [9.17, 15) is 22.8 Å². The smallest absolute Gasteiger partial charge is 0.346 e. The van der Waals surface area contributed by atoms with Crippen LogP contribution in [0.3, 0.4) is 0 Å². The average molecular weight is 258 g/mol. The van der Waals surface area contributed by atoms with Crippen LogP contribution in [-0.4, -0.2) is 18.2 Å². The Morgan fingerprint density at radius 2 is 1.89 bits per heavy atom. The number of halogens is 3. The van der Waals surface area contributed by atoms with E-state index in [2.05, 4.69) is 5.32 Å². The van der Waals surface area contributed by atoms with Gasteiger partial charge in [0.15, 0.2) is 0 Å². The lowest BCUT2D eigenvalue weighted by Crippen LogP contribution is -2.35. The Morgan fingerprint density at radius 1 is 1.33 bits per heavy atom. The summed E-state index contributed by atoms with van der Waals surface area (Å²) < 4.78 is 36.9. The SMILES string of the molecule is CC(=O)N[C@H]([C]=O)Cc1ccc(C(F)(F)F)cc1. The minimum Gasteiger partial charge on any atom is -0.346 e. The van der Waals surface area contributed by atoms with Gasteiger partial charge in [-0.05, 0) is 17.7 Å². The van der Waals surface area contributed by atoms with Gasteiger partial charge in [0.05, 0.1) is 11.6 Å². The van der Waals surface area contributed by atoms with E-state index in [-0.39, 0.29) is 6.42 Å². The molecule has 1 radical (unpaired) electrons. The van der Waals surface area contributed by atoms with Crippen molar-refractivity contribution in [3.05, 3.63) is 35.4 Å². The molecule has 0 spiro atoms. The summed E-state index contributed by atoms with van der Waals surface area (Å²) in [4.78, 5) is 21.3. The lowest BCUT2D eigenvalue weighted by Gasteiger charge is -2.11. The van der Waals surface area contributed by atoms with E-state index in [4.69, 9.17) is 0 Å². The standard InChI is InChI=1S/C12H11F3NO2/c1-8(18)16-11(7-17)6-9-2-4-10(5-3-9)12(13,14)15/h2-5,11H,6H2,1H3,(H,16,18)/t11-/m0/s1. The number of alkyl halides is 3. The highest BCUT2D eigenvalue weighted by Gasteiger charge is 2.29. The van der Waals surface area contributed by atoms with Crippen molar-refractivity contribution in [1.82, 2.24) is 5.32 Å². The maximum absolute atomic E-state index is 12.3. The third kappa shape index (κ3) is 4.20. The van der Waals surface area contributed by atoms with Crippen molar-refractivity contribution in [2.24, 2.45) is 0 Å². The molecule has 1 aromatic carbocycles. The minimum absolute atomic E-state index is 0.112. The van der Waals surface area contributed by atoms with Crippen LogP contribution < -0.4 is 5.32 Å². The number of hydrogen-bond donors (Lipinski definition) is 1. The molecule has 0 fully saturated rings. The van der Waals surface area contributed by atoms with Crippen LogP contribution in [0.5, 0.6) is 0 Å². The lowest BCUT2D eigenvalue weighted by molar-refractivity contribution is -0.137. The maximum atomic E-state index is 12.3. The van der Waals surface area contributed by atoms with Crippen molar-refractivity contribution >= 4 is 12.2 Å². The molecule has 0 heterocycles. The van der Waals surface area contributed by atoms with Gasteiger partial charge in [0.25, 0.3) is 0 Å². The van der Waals surface area contributed by atoms with Crippen LogP contribution in [0.2, 0.25) is 0 Å². The lowest BCUT2D eigenvalue weighted by atomic mass is 10.0. The molecule has 0 aliphatic carbocycles. The number of benzene rings is 1. The van der Waals surface area contributed by atoms with Crippen LogP contribution in [0, 0.1) is 0 Å². The fourth-order valence-electron chi connectivity index (χ4n) is 1.43. The van der Waals surface area contributed by atoms with Crippen LogP contribution >= 0.6 is 0 Å². The summed E-state index contributed by atoms with van der Waals surface area (Å²) in [7, 11) is 0. The molecule has 0 aliphatic heterocycles. The summed E-state index contributed by atoms with van der Waals surface area (Å²) in [6.45, 7) is 1.25. The largest absolute Gasteiger partial charge is 0.416 e. The molecule has 1 amide bonds. The van der Waals surface area contributed by atoms with E-state index >= 15 is 0 Å². The van der Waals surface area contributed by atoms with Crippen molar-refractivity contribution in [1.29, 1.82) is 0 Å². The first-order valence-corrected chi connectivity index (χ1v) is 5.14. The molecule has 1 aromatic rings. The van der Waals surface area contributed by atoms with E-state index in [1.807, 2.05) is 0 Å². The second kappa shape index (κ2) is 5.66. The Bertz CT molecular complexity index is 426. The predicted octanol–water partition coefficient (Wildman–Crippen LogP) is 1.86. The molecule has 0 aromatic heterocycles. The molecule has 97 valence electrons. The molecule has 6 heteroatoms. The number of amides is 1. The third-order valence-electron chi connectivity index (χ3n) is 2.24. The molecule has 0 saturated carbocycles. The van der Waals surface area contributed by atoms with Crippen molar-refractivity contribution in [2.45, 2.75) is 25.6 Å². The molecule has 1 atom stereocenters. The normalized spacial score (nSPS) is 12.9. The monoisotopic (exact) mass is 258 g/mol. The quantitative estimate of drug-likeness (QED) is 0.896. The molecule has 0 aliphatic rings. The first-order valence-electron chi connectivity index (χ1n) is 5.14. The average Bonchev–Trinajstić information content (AvgIpc) is 2.27. The number of nitrogens with one attached hydrogen (secondary N) is 1. The molecule has 0 unspecified atom stereocenters. The Hall–Kier alpha value is -1.85. The minimum atomic E-state index is -4.38. The zero-order valence-electron chi connectivity index (χ0n) is 9.54. The molecule has 0 saturated heterocycles. The van der Waals surface area contributed by atoms with E-state index in [0.717, 1.165) is 12.1 Å². The van der Waals surface area contributed by atoms with Crippen LogP contribution in [-0.2, 0) is 22.2 Å². The fraction of sp³-hybridized carbons (Fsp3) is 0.333. The van der Waals surface area contributed by atoms with Gasteiger partial charge in [-0.25, -0.2) is 0 Å². The van der Waals surface area contributed by atoms with E-state index < -0.39 is 23.7 Å². The maximum Gasteiger partial charge on any atom is 0.416 e. The van der Waals surface area contributed by atoms with Gasteiger partial charge >= 0.3 is 6.18 Å². The van der Waals surface area contributed by atoms with Crippen LogP contribution in [0.25, 0.3) is 0 Å². The highest BCUT2D eigenvalue weighted by atomic mass is 19.4. The summed E-state index contributed by atoms with van der Waals surface area (Å²) >= 11 is 0. The molecule has 1 rings (SSSR count). The number of rotatable bonds is 4. The topological polar surface area (TPSA) is 46.2 Å². The second-order valence-corrected chi connectivity index (χ2v) is 3.77. The molecule has 3 nitrogen and oxygen atoms in total. The van der Waals surface area contributed by atoms with Crippen LogP contribution in [0.15, 0.2) is 24.3 Å². The first-order chi connectivity index (χ1) is 8.32. The van der Waals surface area contributed by atoms with Gasteiger partial charge < -0.3 is 5.32 Å². The molecule has 18 heavy (non-hydrogen) atoms. The van der Waals surface area contributed by atoms with E-state index in [1.165, 1.54) is 19.1 Å². The van der Waals surface area contributed by atoms with E-state index in [1.54, 1.807) is 6.29 Å². The van der Waals surface area contributed by atoms with Gasteiger partial charge in [-0.1, -0.05) is 12.1 Å². The molecule has 0 bridgehead atoms. The summed E-state index contributed by atoms with van der Waals surface area (Å²) in [6.07, 6.45) is -2.65. The van der Waals surface area contributed by atoms with Crippen molar-refractivity contribution in [3.63, 3.8) is 0 Å². The summed E-state index contributed by atoms with van der Waals surface area (Å²) in [6, 6.07) is 3.57. The van der Waals surface area contributed by atoms with Gasteiger partial charge in [0.2, 0.25) is 12.2 Å². The van der Waals surface area contributed by atoms with Crippen molar-refractivity contribution in [3.8, 4) is 0 Å². The third-order valence-corrected chi connectivity index (χ3v) is 2.24. The van der Waals surface area contributed by atoms with Gasteiger partial charge in [-0.15, -0.1) is 0 Å². The molecule has 1 N–H and O–H groups in total. The second-order valence-electron chi connectivity index (χ2n) is 3.77. The first kappa shape index (κ1) is 14.2. The Labute approximate surface area is 102 Å². The van der Waals surface area contributed by atoms with Gasteiger partial charge in [-0.3, -0.25) is 9.59 Å².